The quantitative estimate of drug-likeness (QED) is 0.193. The van der Waals surface area contributed by atoms with Gasteiger partial charge in [0.05, 0.1) is 0 Å². The number of rotatable bonds is 2. The van der Waals surface area contributed by atoms with E-state index in [1.54, 1.807) is 5.19 Å². The molecule has 0 fully saturated rings. The Kier molecular flexibility index (Phi) is 14.5. The normalized spacial score (nSPS) is 11.9. The van der Waals surface area contributed by atoms with E-state index in [2.05, 4.69) is 158 Å². The first-order valence-electron chi connectivity index (χ1n) is 14.9. The fourth-order valence-electron chi connectivity index (χ4n) is 5.26. The Morgan fingerprint density at radius 3 is 1.77 bits per heavy atom. The van der Waals surface area contributed by atoms with Gasteiger partial charge in [0, 0.05) is 8.07 Å². The summed E-state index contributed by atoms with van der Waals surface area (Å²) < 4.78 is 2.19. The number of fused-ring (bicyclic) bond motifs is 3. The Morgan fingerprint density at radius 2 is 1.33 bits per heavy atom. The van der Waals surface area contributed by atoms with E-state index in [-0.39, 0.29) is 35.6 Å². The van der Waals surface area contributed by atoms with E-state index < -0.39 is 8.07 Å². The summed E-state index contributed by atoms with van der Waals surface area (Å²) in [6.07, 6.45) is 1.03. The monoisotopic (exact) mass is 706 g/mol. The van der Waals surface area contributed by atoms with Crippen molar-refractivity contribution in [3.8, 4) is 11.1 Å². The Balaban J connectivity index is 0.000000356. The SMILES string of the molecule is CC(C)(C)c1c[c-]c2c(c1)-c1cc(C(C)(C)C)ccc1C2.Cc1cc([Si](C)(C)C)c(C)[cH-]1.Cc1ccc([CH]=[Zr+2])cc1.[Cl-].[Cl-]. The van der Waals surface area contributed by atoms with Gasteiger partial charge in [-0.3, -0.25) is 0 Å². The van der Waals surface area contributed by atoms with Crippen molar-refractivity contribution >= 4 is 17.0 Å². The molecule has 4 heteroatoms. The van der Waals surface area contributed by atoms with Crippen LogP contribution < -0.4 is 30.0 Å². The molecular weight excluding hydrogens is 659 g/mol. The molecule has 0 radical (unpaired) electrons. The molecule has 0 aromatic heterocycles. The van der Waals surface area contributed by atoms with Crippen molar-refractivity contribution < 1.29 is 49.0 Å². The molecule has 0 unspecified atom stereocenters. The molecule has 0 heterocycles. The predicted octanol–water partition coefficient (Wildman–Crippen LogP) is 3.92. The van der Waals surface area contributed by atoms with E-state index in [1.165, 1.54) is 79.9 Å². The van der Waals surface area contributed by atoms with E-state index in [1.807, 2.05) is 0 Å². The molecule has 4 aromatic carbocycles. The van der Waals surface area contributed by atoms with Crippen LogP contribution in [0.3, 0.4) is 0 Å². The molecule has 0 aliphatic heterocycles. The largest absolute Gasteiger partial charge is 1.00 e. The van der Waals surface area contributed by atoms with Gasteiger partial charge < -0.3 is 24.8 Å². The molecule has 0 atom stereocenters. The summed E-state index contributed by atoms with van der Waals surface area (Å²) in [6, 6.07) is 28.3. The third-order valence-corrected chi connectivity index (χ3v) is 10.8. The molecule has 0 saturated carbocycles. The van der Waals surface area contributed by atoms with Crippen molar-refractivity contribution in [2.24, 2.45) is 0 Å². The van der Waals surface area contributed by atoms with Crippen LogP contribution >= 0.6 is 0 Å². The van der Waals surface area contributed by atoms with Gasteiger partial charge in [-0.25, -0.2) is 6.07 Å². The first-order chi connectivity index (χ1) is 18.9. The molecular formula is C39H50Cl2SiZr-2. The Labute approximate surface area is 291 Å². The summed E-state index contributed by atoms with van der Waals surface area (Å²) in [7, 11) is -1.06. The van der Waals surface area contributed by atoms with Gasteiger partial charge in [0.1, 0.15) is 0 Å². The van der Waals surface area contributed by atoms with E-state index >= 15 is 0 Å². The molecule has 1 aliphatic rings. The van der Waals surface area contributed by atoms with Crippen molar-refractivity contribution in [2.45, 2.75) is 99.2 Å². The minimum atomic E-state index is -1.06. The first-order valence-corrected chi connectivity index (χ1v) is 19.8. The minimum Gasteiger partial charge on any atom is -1.00 e. The third-order valence-electron chi connectivity index (χ3n) is 7.82. The Bertz CT molecular complexity index is 1430. The number of hydrogen-bond donors (Lipinski definition) is 0. The molecule has 43 heavy (non-hydrogen) atoms. The van der Waals surface area contributed by atoms with E-state index in [0.29, 0.717) is 0 Å². The zero-order valence-corrected chi connectivity index (χ0v) is 33.4. The van der Waals surface area contributed by atoms with Crippen molar-refractivity contribution in [3.63, 3.8) is 0 Å². The maximum atomic E-state index is 3.53. The van der Waals surface area contributed by atoms with Crippen LogP contribution in [-0.2, 0) is 41.5 Å². The standard InChI is InChI=1S/C21H25.C10H17Si.C8H8.2ClH.Zr/c1-20(2,3)16-9-7-14-11-15-8-10-17(21(4,5)6)13-19(15)18(14)12-16;1-8-6-9(2)10(7-8)11(3,4)5;1-7-3-5-8(2)6-4-7;;;/h7,9-10,12-13H,11H2,1-6H3;6-7H,1-5H3;1,3-6H,2H3;2*1H;/q2*-1;;;;+2/p-2. The van der Waals surface area contributed by atoms with Crippen LogP contribution in [0.15, 0.2) is 66.7 Å². The molecule has 230 valence electrons. The molecule has 0 spiro atoms. The van der Waals surface area contributed by atoms with Gasteiger partial charge in [0.15, 0.2) is 0 Å². The van der Waals surface area contributed by atoms with Gasteiger partial charge in [-0.15, -0.1) is 5.56 Å². The molecule has 5 rings (SSSR count). The zero-order valence-electron chi connectivity index (χ0n) is 28.4. The summed E-state index contributed by atoms with van der Waals surface area (Å²) in [4.78, 5) is 0. The topological polar surface area (TPSA) is 0 Å². The van der Waals surface area contributed by atoms with Crippen LogP contribution in [0.2, 0.25) is 19.6 Å². The van der Waals surface area contributed by atoms with Crippen LogP contribution in [0.4, 0.5) is 0 Å². The second kappa shape index (κ2) is 15.7. The van der Waals surface area contributed by atoms with E-state index in [9.17, 15) is 0 Å². The van der Waals surface area contributed by atoms with E-state index in [0.717, 1.165) is 6.42 Å². The average Bonchev–Trinajstić information content (AvgIpc) is 3.42. The maximum Gasteiger partial charge on any atom is -1.00 e. The Hall–Kier alpha value is -1.44. The summed E-state index contributed by atoms with van der Waals surface area (Å²) >= 11 is 1.47. The predicted molar refractivity (Wildman–Crippen MR) is 182 cm³/mol. The van der Waals surface area contributed by atoms with Crippen LogP contribution in [0.5, 0.6) is 0 Å². The fraction of sp³-hybridized carbons (Fsp3) is 0.385. The van der Waals surface area contributed by atoms with Gasteiger partial charge in [-0.1, -0.05) is 110 Å². The van der Waals surface area contributed by atoms with Gasteiger partial charge in [0.2, 0.25) is 0 Å². The molecule has 0 bridgehead atoms. The zero-order chi connectivity index (χ0) is 30.8. The molecule has 0 saturated heterocycles. The summed E-state index contributed by atoms with van der Waals surface area (Å²) in [5.74, 6) is 0. The number of aryl methyl sites for hydroxylation is 3. The van der Waals surface area contributed by atoms with Gasteiger partial charge in [-0.2, -0.15) is 51.7 Å². The summed E-state index contributed by atoms with van der Waals surface area (Å²) in [5.41, 5.74) is 14.3. The summed E-state index contributed by atoms with van der Waals surface area (Å²) in [6.45, 7) is 27.3. The van der Waals surface area contributed by atoms with Gasteiger partial charge in [0.25, 0.3) is 0 Å². The average molecular weight is 709 g/mol. The van der Waals surface area contributed by atoms with Crippen molar-refractivity contribution in [3.05, 3.63) is 117 Å². The maximum absolute atomic E-state index is 3.53. The second-order valence-corrected chi connectivity index (χ2v) is 20.5. The number of benzene rings is 3. The molecule has 0 nitrogen and oxygen atoms in total. The third kappa shape index (κ3) is 10.8. The van der Waals surface area contributed by atoms with Crippen LogP contribution in [-0.4, -0.2) is 11.8 Å². The van der Waals surface area contributed by atoms with Crippen molar-refractivity contribution in [2.75, 3.05) is 0 Å². The second-order valence-electron chi connectivity index (χ2n) is 14.8. The van der Waals surface area contributed by atoms with Crippen LogP contribution in [0.25, 0.3) is 11.1 Å². The molecule has 1 aliphatic carbocycles. The fourth-order valence-corrected chi connectivity index (χ4v) is 7.65. The van der Waals surface area contributed by atoms with Crippen LogP contribution in [0, 0.1) is 26.8 Å². The molecule has 4 aromatic rings. The van der Waals surface area contributed by atoms with Gasteiger partial charge in [-0.05, 0) is 17.4 Å². The summed E-state index contributed by atoms with van der Waals surface area (Å²) in [5, 5.41) is 1.62. The van der Waals surface area contributed by atoms with E-state index in [4.69, 9.17) is 0 Å². The number of hydrogen-bond acceptors (Lipinski definition) is 0. The van der Waals surface area contributed by atoms with Gasteiger partial charge >= 0.3 is 70.3 Å². The minimum absolute atomic E-state index is 0. The van der Waals surface area contributed by atoms with Crippen molar-refractivity contribution in [1.29, 1.82) is 0 Å². The molecule has 0 N–H and O–H groups in total. The first kappa shape index (κ1) is 39.6. The smallest absolute Gasteiger partial charge is 1.00 e. The molecule has 0 amide bonds. The van der Waals surface area contributed by atoms with Crippen LogP contribution in [0.1, 0.15) is 86.1 Å². The Morgan fingerprint density at radius 1 is 0.767 bits per heavy atom. The number of halogens is 2. The van der Waals surface area contributed by atoms with Crippen molar-refractivity contribution in [1.82, 2.24) is 0 Å².